The Morgan fingerprint density at radius 1 is 1.33 bits per heavy atom. The van der Waals surface area contributed by atoms with Crippen molar-refractivity contribution >= 4 is 10.8 Å². The molecule has 0 amide bonds. The van der Waals surface area contributed by atoms with Gasteiger partial charge in [-0.1, -0.05) is 18.2 Å². The van der Waals surface area contributed by atoms with Crippen molar-refractivity contribution in [3.63, 3.8) is 0 Å². The number of nitrogens with one attached hydrogen (secondary N) is 1. The molecule has 0 heterocycles. The molecule has 1 N–H and O–H groups in total. The van der Waals surface area contributed by atoms with Crippen molar-refractivity contribution in [1.29, 1.82) is 0 Å². The maximum Gasteiger partial charge on any atom is 0.0542 e. The average Bonchev–Trinajstić information content (AvgIpc) is 2.15. The molecule has 2 nitrogen and oxygen atoms in total. The van der Waals surface area contributed by atoms with E-state index in [2.05, 4.69) is 5.32 Å². The first-order chi connectivity index (χ1) is 5.84. The van der Waals surface area contributed by atoms with Crippen molar-refractivity contribution in [3.8, 4) is 0 Å². The highest BCUT2D eigenvalue weighted by Gasteiger charge is 2.00. The lowest BCUT2D eigenvalue weighted by molar-refractivity contribution is 0.680. The molecule has 0 spiro atoms. The molecule has 12 heavy (non-hydrogen) atoms. The first-order valence-corrected chi connectivity index (χ1v) is 5.24. The van der Waals surface area contributed by atoms with Gasteiger partial charge in [-0.3, -0.25) is 4.21 Å². The van der Waals surface area contributed by atoms with Crippen LogP contribution in [0.4, 0.5) is 0 Å². The minimum atomic E-state index is -0.846. The molecule has 0 aromatic heterocycles. The average molecular weight is 183 g/mol. The van der Waals surface area contributed by atoms with E-state index in [9.17, 15) is 4.21 Å². The Labute approximate surface area is 75.5 Å². The maximum absolute atomic E-state index is 11.5. The summed E-state index contributed by atoms with van der Waals surface area (Å²) in [5.74, 6) is 0.681. The topological polar surface area (TPSA) is 29.1 Å². The van der Waals surface area contributed by atoms with Gasteiger partial charge in [0.1, 0.15) is 0 Å². The standard InChI is InChI=1S/C9H13NOS/c1-10-7-8-12(11)9-5-3-2-4-6-9/h2-6,10H,7-8H2,1H3. The Hall–Kier alpha value is -0.670. The first-order valence-electron chi connectivity index (χ1n) is 3.92. The van der Waals surface area contributed by atoms with Gasteiger partial charge >= 0.3 is 0 Å². The van der Waals surface area contributed by atoms with Crippen molar-refractivity contribution in [1.82, 2.24) is 5.32 Å². The Bertz CT molecular complexity index is 248. The lowest BCUT2D eigenvalue weighted by Gasteiger charge is -2.00. The molecule has 0 radical (unpaired) electrons. The minimum absolute atomic E-state index is 0.681. The van der Waals surface area contributed by atoms with Gasteiger partial charge in [0, 0.05) is 17.2 Å². The molecule has 1 aromatic rings. The van der Waals surface area contributed by atoms with Crippen molar-refractivity contribution in [3.05, 3.63) is 30.3 Å². The molecule has 0 saturated heterocycles. The second kappa shape index (κ2) is 5.06. The SMILES string of the molecule is CNCCS(=O)c1ccccc1. The Balaban J connectivity index is 2.54. The normalized spacial score (nSPS) is 12.8. The van der Waals surface area contributed by atoms with Crippen molar-refractivity contribution in [2.45, 2.75) is 4.90 Å². The molecular weight excluding hydrogens is 170 g/mol. The highest BCUT2D eigenvalue weighted by Crippen LogP contribution is 2.04. The summed E-state index contributed by atoms with van der Waals surface area (Å²) >= 11 is 0. The Kier molecular flexibility index (Phi) is 3.97. The fourth-order valence-corrected chi connectivity index (χ4v) is 1.97. The van der Waals surface area contributed by atoms with Crippen LogP contribution in [0.25, 0.3) is 0 Å². The van der Waals surface area contributed by atoms with Gasteiger partial charge in [-0.05, 0) is 19.2 Å². The van der Waals surface area contributed by atoms with Gasteiger partial charge in [-0.25, -0.2) is 0 Å². The molecule has 0 aliphatic carbocycles. The fraction of sp³-hybridized carbons (Fsp3) is 0.333. The Morgan fingerprint density at radius 3 is 2.58 bits per heavy atom. The zero-order valence-corrected chi connectivity index (χ0v) is 7.93. The fourth-order valence-electron chi connectivity index (χ4n) is 0.885. The summed E-state index contributed by atoms with van der Waals surface area (Å²) in [7, 11) is 1.02. The smallest absolute Gasteiger partial charge is 0.0542 e. The molecule has 3 heteroatoms. The molecule has 1 unspecified atom stereocenters. The van der Waals surface area contributed by atoms with Crippen LogP contribution in [0.3, 0.4) is 0 Å². The second-order valence-corrected chi connectivity index (χ2v) is 4.04. The number of hydrogen-bond acceptors (Lipinski definition) is 2. The predicted octanol–water partition coefficient (Wildman–Crippen LogP) is 1.01. The first kappa shape index (κ1) is 9.42. The van der Waals surface area contributed by atoms with Gasteiger partial charge in [-0.2, -0.15) is 0 Å². The van der Waals surface area contributed by atoms with Crippen LogP contribution in [-0.4, -0.2) is 23.6 Å². The van der Waals surface area contributed by atoms with Gasteiger partial charge in [0.25, 0.3) is 0 Å². The van der Waals surface area contributed by atoms with Crippen LogP contribution >= 0.6 is 0 Å². The van der Waals surface area contributed by atoms with E-state index < -0.39 is 10.8 Å². The number of hydrogen-bond donors (Lipinski definition) is 1. The van der Waals surface area contributed by atoms with E-state index in [-0.39, 0.29) is 0 Å². The van der Waals surface area contributed by atoms with Crippen LogP contribution in [0.1, 0.15) is 0 Å². The number of rotatable bonds is 4. The monoisotopic (exact) mass is 183 g/mol. The third-order valence-corrected chi connectivity index (χ3v) is 2.92. The zero-order valence-electron chi connectivity index (χ0n) is 7.12. The summed E-state index contributed by atoms with van der Waals surface area (Å²) in [5, 5.41) is 2.98. The van der Waals surface area contributed by atoms with Gasteiger partial charge in [0.15, 0.2) is 0 Å². The van der Waals surface area contributed by atoms with Crippen LogP contribution in [-0.2, 0) is 10.8 Å². The summed E-state index contributed by atoms with van der Waals surface area (Å²) in [4.78, 5) is 0.910. The number of benzene rings is 1. The molecule has 0 bridgehead atoms. The summed E-state index contributed by atoms with van der Waals surface area (Å²) in [6, 6.07) is 9.54. The van der Waals surface area contributed by atoms with E-state index >= 15 is 0 Å². The van der Waals surface area contributed by atoms with Crippen molar-refractivity contribution < 1.29 is 4.21 Å². The minimum Gasteiger partial charge on any atom is -0.319 e. The van der Waals surface area contributed by atoms with Gasteiger partial charge in [-0.15, -0.1) is 0 Å². The van der Waals surface area contributed by atoms with E-state index in [1.54, 1.807) is 0 Å². The van der Waals surface area contributed by atoms with E-state index in [1.807, 2.05) is 37.4 Å². The molecule has 0 fully saturated rings. The largest absolute Gasteiger partial charge is 0.319 e. The lowest BCUT2D eigenvalue weighted by atomic mass is 10.4. The van der Waals surface area contributed by atoms with Gasteiger partial charge in [0.05, 0.1) is 10.8 Å². The van der Waals surface area contributed by atoms with Gasteiger partial charge < -0.3 is 5.32 Å². The van der Waals surface area contributed by atoms with Crippen LogP contribution < -0.4 is 5.32 Å². The third-order valence-electron chi connectivity index (χ3n) is 1.54. The summed E-state index contributed by atoms with van der Waals surface area (Å²) in [5.41, 5.74) is 0. The van der Waals surface area contributed by atoms with E-state index in [4.69, 9.17) is 0 Å². The van der Waals surface area contributed by atoms with Crippen LogP contribution in [0.15, 0.2) is 35.2 Å². The molecule has 0 saturated carbocycles. The Morgan fingerprint density at radius 2 is 2.00 bits per heavy atom. The van der Waals surface area contributed by atoms with E-state index in [0.29, 0.717) is 5.75 Å². The summed E-state index contributed by atoms with van der Waals surface area (Å²) < 4.78 is 11.5. The van der Waals surface area contributed by atoms with Crippen molar-refractivity contribution in [2.75, 3.05) is 19.3 Å². The van der Waals surface area contributed by atoms with E-state index in [0.717, 1.165) is 11.4 Å². The molecule has 1 aromatic carbocycles. The highest BCUT2D eigenvalue weighted by atomic mass is 32.2. The molecule has 1 rings (SSSR count). The summed E-state index contributed by atoms with van der Waals surface area (Å²) in [6.07, 6.45) is 0. The van der Waals surface area contributed by atoms with Gasteiger partial charge in [0.2, 0.25) is 0 Å². The second-order valence-electron chi connectivity index (χ2n) is 2.47. The molecular formula is C9H13NOS. The van der Waals surface area contributed by atoms with Crippen molar-refractivity contribution in [2.24, 2.45) is 0 Å². The lowest BCUT2D eigenvalue weighted by Crippen LogP contribution is -2.15. The molecule has 0 aliphatic heterocycles. The van der Waals surface area contributed by atoms with E-state index in [1.165, 1.54) is 0 Å². The third kappa shape index (κ3) is 2.75. The molecule has 1 atom stereocenters. The maximum atomic E-state index is 11.5. The molecule has 66 valence electrons. The quantitative estimate of drug-likeness (QED) is 0.755. The van der Waals surface area contributed by atoms with Crippen LogP contribution in [0.5, 0.6) is 0 Å². The molecule has 0 aliphatic rings. The zero-order chi connectivity index (χ0) is 8.81. The predicted molar refractivity (Wildman–Crippen MR) is 51.6 cm³/mol. The van der Waals surface area contributed by atoms with Crippen LogP contribution in [0, 0.1) is 0 Å². The van der Waals surface area contributed by atoms with Crippen LogP contribution in [0.2, 0.25) is 0 Å². The highest BCUT2D eigenvalue weighted by molar-refractivity contribution is 7.85. The summed E-state index contributed by atoms with van der Waals surface area (Å²) in [6.45, 7) is 0.793.